The summed E-state index contributed by atoms with van der Waals surface area (Å²) in [4.78, 5) is 12.7. The van der Waals surface area contributed by atoms with Crippen LogP contribution in [0.5, 0.6) is 0 Å². The summed E-state index contributed by atoms with van der Waals surface area (Å²) in [5.74, 6) is 1.09. The second kappa shape index (κ2) is 5.74. The smallest absolute Gasteiger partial charge is 0.407 e. The van der Waals surface area contributed by atoms with Crippen LogP contribution in [0.25, 0.3) is 0 Å². The summed E-state index contributed by atoms with van der Waals surface area (Å²) < 4.78 is 1.72. The number of hydrogen-bond donors (Lipinski definition) is 2. The van der Waals surface area contributed by atoms with Crippen molar-refractivity contribution in [3.8, 4) is 0 Å². The maximum Gasteiger partial charge on any atom is 0.407 e. The second-order valence-electron chi connectivity index (χ2n) is 5.94. The van der Waals surface area contributed by atoms with E-state index in [9.17, 15) is 9.90 Å². The summed E-state index contributed by atoms with van der Waals surface area (Å²) in [5.41, 5.74) is 5.27. The van der Waals surface area contributed by atoms with Crippen LogP contribution in [-0.4, -0.2) is 48.4 Å². The molecule has 8 heteroatoms. The minimum Gasteiger partial charge on any atom is -0.465 e. The molecule has 8 nitrogen and oxygen atoms in total. The molecule has 1 atom stereocenters. The molecule has 1 amide bonds. The van der Waals surface area contributed by atoms with Gasteiger partial charge in [-0.3, -0.25) is 0 Å². The van der Waals surface area contributed by atoms with Crippen LogP contribution in [0.15, 0.2) is 0 Å². The highest BCUT2D eigenvalue weighted by Crippen LogP contribution is 2.34. The minimum absolute atomic E-state index is 0.270. The van der Waals surface area contributed by atoms with Gasteiger partial charge in [-0.25, -0.2) is 9.48 Å². The Morgan fingerprint density at radius 1 is 1.55 bits per heavy atom. The molecule has 1 saturated heterocycles. The first kappa shape index (κ1) is 14.7. The zero-order chi connectivity index (χ0) is 14.8. The molecule has 20 heavy (non-hydrogen) atoms. The van der Waals surface area contributed by atoms with Gasteiger partial charge in [0.1, 0.15) is 0 Å². The Bertz CT molecular complexity index is 472. The quantitative estimate of drug-likeness (QED) is 0.822. The number of tetrazole rings is 1. The SMILES string of the molecule is CC1(C)C[C@H](CCCn2nnnc2CN)CN1C(=O)O. The number of carbonyl (C=O) groups is 1. The van der Waals surface area contributed by atoms with Crippen LogP contribution in [0.4, 0.5) is 4.79 Å². The predicted molar refractivity (Wildman–Crippen MR) is 71.9 cm³/mol. The van der Waals surface area contributed by atoms with Crippen molar-refractivity contribution in [3.63, 3.8) is 0 Å². The van der Waals surface area contributed by atoms with Gasteiger partial charge in [0.15, 0.2) is 5.82 Å². The van der Waals surface area contributed by atoms with E-state index in [4.69, 9.17) is 5.73 Å². The normalized spacial score (nSPS) is 21.4. The summed E-state index contributed by atoms with van der Waals surface area (Å²) in [7, 11) is 0. The molecule has 1 fully saturated rings. The van der Waals surface area contributed by atoms with Crippen molar-refractivity contribution in [1.82, 2.24) is 25.1 Å². The molecule has 0 aromatic carbocycles. The molecule has 1 aliphatic heterocycles. The summed E-state index contributed by atoms with van der Waals surface area (Å²) in [6, 6.07) is 0. The fourth-order valence-electron chi connectivity index (χ4n) is 2.99. The molecule has 1 aliphatic rings. The second-order valence-corrected chi connectivity index (χ2v) is 5.94. The standard InChI is InChI=1S/C12H22N6O2/c1-12(2)6-9(8-17(12)11(19)20)4-3-5-18-10(7-13)14-15-16-18/h9H,3-8,13H2,1-2H3,(H,19,20)/t9-/m0/s1. The molecule has 0 aliphatic carbocycles. The van der Waals surface area contributed by atoms with Crippen molar-refractivity contribution in [3.05, 3.63) is 5.82 Å². The molecule has 1 aromatic rings. The topological polar surface area (TPSA) is 110 Å². The fourth-order valence-corrected chi connectivity index (χ4v) is 2.99. The van der Waals surface area contributed by atoms with Gasteiger partial charge >= 0.3 is 6.09 Å². The van der Waals surface area contributed by atoms with Gasteiger partial charge in [0.05, 0.1) is 6.54 Å². The van der Waals surface area contributed by atoms with Gasteiger partial charge < -0.3 is 15.7 Å². The lowest BCUT2D eigenvalue weighted by atomic mass is 9.93. The monoisotopic (exact) mass is 282 g/mol. The molecule has 2 heterocycles. The Hall–Kier alpha value is -1.70. The Labute approximate surface area is 117 Å². The average molecular weight is 282 g/mol. The van der Waals surface area contributed by atoms with Gasteiger partial charge in [0.25, 0.3) is 0 Å². The van der Waals surface area contributed by atoms with Gasteiger partial charge in [-0.15, -0.1) is 5.10 Å². The number of nitrogens with zero attached hydrogens (tertiary/aromatic N) is 5. The molecule has 112 valence electrons. The van der Waals surface area contributed by atoms with E-state index < -0.39 is 6.09 Å². The fraction of sp³-hybridized carbons (Fsp3) is 0.833. The van der Waals surface area contributed by atoms with Gasteiger partial charge in [0.2, 0.25) is 0 Å². The number of likely N-dealkylation sites (tertiary alicyclic amines) is 1. The third-order valence-electron chi connectivity index (χ3n) is 3.96. The molecule has 0 spiro atoms. The first-order valence-corrected chi connectivity index (χ1v) is 6.89. The lowest BCUT2D eigenvalue weighted by Gasteiger charge is -2.28. The highest BCUT2D eigenvalue weighted by molar-refractivity contribution is 5.66. The predicted octanol–water partition coefficient (Wildman–Crippen LogP) is 0.691. The van der Waals surface area contributed by atoms with E-state index in [-0.39, 0.29) is 5.54 Å². The molecule has 2 rings (SSSR count). The Morgan fingerprint density at radius 2 is 2.30 bits per heavy atom. The van der Waals surface area contributed by atoms with Crippen molar-refractivity contribution in [2.24, 2.45) is 11.7 Å². The van der Waals surface area contributed by atoms with Gasteiger partial charge in [0, 0.05) is 18.6 Å². The summed E-state index contributed by atoms with van der Waals surface area (Å²) in [6.07, 6.45) is 1.96. The summed E-state index contributed by atoms with van der Waals surface area (Å²) in [6.45, 7) is 5.63. The average Bonchev–Trinajstić information content (AvgIpc) is 2.93. The van der Waals surface area contributed by atoms with Crippen LogP contribution in [0, 0.1) is 5.92 Å². The number of nitrogens with two attached hydrogens (primary N) is 1. The lowest BCUT2D eigenvalue weighted by Crippen LogP contribution is -2.41. The number of aromatic nitrogens is 4. The summed E-state index contributed by atoms with van der Waals surface area (Å²) >= 11 is 0. The van der Waals surface area contributed by atoms with Crippen molar-refractivity contribution in [1.29, 1.82) is 0 Å². The molecule has 3 N–H and O–H groups in total. The summed E-state index contributed by atoms with van der Waals surface area (Å²) in [5, 5.41) is 20.5. The maximum absolute atomic E-state index is 11.2. The van der Waals surface area contributed by atoms with Gasteiger partial charge in [-0.05, 0) is 49.5 Å². The van der Waals surface area contributed by atoms with Gasteiger partial charge in [-0.2, -0.15) is 0 Å². The van der Waals surface area contributed by atoms with E-state index in [1.165, 1.54) is 0 Å². The molecule has 0 radical (unpaired) electrons. The van der Waals surface area contributed by atoms with E-state index in [1.54, 1.807) is 9.58 Å². The highest BCUT2D eigenvalue weighted by Gasteiger charge is 2.40. The number of carboxylic acid groups (broad SMARTS) is 1. The van der Waals surface area contributed by atoms with E-state index in [1.807, 2.05) is 13.8 Å². The van der Waals surface area contributed by atoms with Crippen LogP contribution in [0.1, 0.15) is 38.9 Å². The molecule has 0 bridgehead atoms. The third-order valence-corrected chi connectivity index (χ3v) is 3.96. The molecular weight excluding hydrogens is 260 g/mol. The van der Waals surface area contributed by atoms with Crippen LogP contribution in [0.2, 0.25) is 0 Å². The molecule has 0 unspecified atom stereocenters. The van der Waals surface area contributed by atoms with Crippen molar-refractivity contribution >= 4 is 6.09 Å². The first-order chi connectivity index (χ1) is 9.44. The number of amides is 1. The third kappa shape index (κ3) is 3.06. The number of hydrogen-bond acceptors (Lipinski definition) is 5. The van der Waals surface area contributed by atoms with E-state index in [0.29, 0.717) is 24.8 Å². The van der Waals surface area contributed by atoms with E-state index in [2.05, 4.69) is 15.5 Å². The highest BCUT2D eigenvalue weighted by atomic mass is 16.4. The number of aryl methyl sites for hydroxylation is 1. The molecule has 0 saturated carbocycles. The lowest BCUT2D eigenvalue weighted by molar-refractivity contribution is 0.117. The first-order valence-electron chi connectivity index (χ1n) is 6.89. The Balaban J connectivity index is 1.83. The van der Waals surface area contributed by atoms with Crippen LogP contribution >= 0.6 is 0 Å². The zero-order valence-electron chi connectivity index (χ0n) is 12.0. The van der Waals surface area contributed by atoms with Gasteiger partial charge in [-0.1, -0.05) is 0 Å². The van der Waals surface area contributed by atoms with Crippen molar-refractivity contribution in [2.45, 2.75) is 51.7 Å². The number of rotatable bonds is 5. The van der Waals surface area contributed by atoms with Crippen molar-refractivity contribution in [2.75, 3.05) is 6.54 Å². The molecular formula is C12H22N6O2. The minimum atomic E-state index is -0.830. The zero-order valence-corrected chi connectivity index (χ0v) is 12.0. The Kier molecular flexibility index (Phi) is 4.22. The Morgan fingerprint density at radius 3 is 2.90 bits per heavy atom. The van der Waals surface area contributed by atoms with Crippen LogP contribution < -0.4 is 5.73 Å². The largest absolute Gasteiger partial charge is 0.465 e. The molecule has 1 aromatic heterocycles. The van der Waals surface area contributed by atoms with Crippen LogP contribution in [0.3, 0.4) is 0 Å². The van der Waals surface area contributed by atoms with E-state index in [0.717, 1.165) is 25.8 Å². The maximum atomic E-state index is 11.2. The van der Waals surface area contributed by atoms with E-state index >= 15 is 0 Å². The van der Waals surface area contributed by atoms with Crippen molar-refractivity contribution < 1.29 is 9.90 Å². The van der Waals surface area contributed by atoms with Crippen LogP contribution in [-0.2, 0) is 13.1 Å².